The zero-order valence-electron chi connectivity index (χ0n) is 11.5. The molecule has 0 spiro atoms. The Morgan fingerprint density at radius 2 is 1.78 bits per heavy atom. The third-order valence-electron chi connectivity index (χ3n) is 4.36. The maximum atomic E-state index is 9.53. The van der Waals surface area contributed by atoms with Crippen LogP contribution >= 0.6 is 0 Å². The van der Waals surface area contributed by atoms with Gasteiger partial charge < -0.3 is 4.48 Å². The van der Waals surface area contributed by atoms with E-state index in [2.05, 4.69) is 44.4 Å². The minimum Gasteiger partial charge on any atom is -0.328 e. The minimum absolute atomic E-state index is 0.0798. The Bertz CT molecular complexity index is 418. The third kappa shape index (κ3) is 3.11. The molecule has 1 aliphatic heterocycles. The van der Waals surface area contributed by atoms with Gasteiger partial charge in [-0.2, -0.15) is 5.26 Å². The average molecular weight is 243 g/mol. The molecule has 1 aromatic carbocycles. The Balaban J connectivity index is 1.96. The fraction of sp³-hybridized carbons (Fsp3) is 0.562. The fourth-order valence-electron chi connectivity index (χ4n) is 2.72. The molecule has 0 amide bonds. The largest absolute Gasteiger partial charge is 0.328 e. The van der Waals surface area contributed by atoms with E-state index in [0.29, 0.717) is 0 Å². The second-order valence-corrected chi connectivity index (χ2v) is 6.26. The molecule has 0 N–H and O–H groups in total. The van der Waals surface area contributed by atoms with Gasteiger partial charge in [-0.1, -0.05) is 30.3 Å². The molecule has 0 aliphatic carbocycles. The summed E-state index contributed by atoms with van der Waals surface area (Å²) in [6.07, 6.45) is 4.13. The molecule has 2 nitrogen and oxygen atoms in total. The Kier molecular flexibility index (Phi) is 3.73. The second kappa shape index (κ2) is 5.12. The van der Waals surface area contributed by atoms with E-state index in [1.807, 2.05) is 6.07 Å². The van der Waals surface area contributed by atoms with Gasteiger partial charge in [0.05, 0.1) is 38.7 Å². The lowest BCUT2D eigenvalue weighted by Crippen LogP contribution is -2.49. The lowest BCUT2D eigenvalue weighted by Gasteiger charge is -2.41. The highest BCUT2D eigenvalue weighted by molar-refractivity contribution is 5.16. The van der Waals surface area contributed by atoms with Crippen LogP contribution in [0, 0.1) is 16.7 Å². The third-order valence-corrected chi connectivity index (χ3v) is 4.36. The average Bonchev–Trinajstić information content (AvgIpc) is 2.40. The zero-order chi connectivity index (χ0) is 13.1. The summed E-state index contributed by atoms with van der Waals surface area (Å²) in [5.74, 6) is 0. The molecule has 0 aromatic heterocycles. The first-order chi connectivity index (χ1) is 8.55. The Hall–Kier alpha value is -1.33. The molecule has 1 aliphatic rings. The van der Waals surface area contributed by atoms with Gasteiger partial charge in [-0.25, -0.2) is 0 Å². The number of hydrogen-bond acceptors (Lipinski definition) is 1. The lowest BCUT2D eigenvalue weighted by atomic mass is 9.75. The minimum atomic E-state index is -0.0798. The summed E-state index contributed by atoms with van der Waals surface area (Å²) in [5, 5.41) is 9.53. The molecule has 2 rings (SSSR count). The molecule has 1 saturated heterocycles. The Labute approximate surface area is 110 Å². The molecule has 0 unspecified atom stereocenters. The van der Waals surface area contributed by atoms with E-state index < -0.39 is 0 Å². The lowest BCUT2D eigenvalue weighted by molar-refractivity contribution is -0.897. The molecule has 1 heterocycles. The van der Waals surface area contributed by atoms with E-state index in [9.17, 15) is 5.26 Å². The van der Waals surface area contributed by atoms with Crippen LogP contribution in [0.25, 0.3) is 0 Å². The van der Waals surface area contributed by atoms with Crippen LogP contribution in [0.1, 0.15) is 24.8 Å². The van der Waals surface area contributed by atoms with Crippen molar-refractivity contribution in [2.45, 2.75) is 25.7 Å². The highest BCUT2D eigenvalue weighted by atomic mass is 15.3. The highest BCUT2D eigenvalue weighted by Gasteiger charge is 2.38. The van der Waals surface area contributed by atoms with Gasteiger partial charge >= 0.3 is 0 Å². The van der Waals surface area contributed by atoms with Crippen LogP contribution < -0.4 is 0 Å². The van der Waals surface area contributed by atoms with Gasteiger partial charge in [-0.05, 0) is 18.4 Å². The molecule has 0 saturated carbocycles. The van der Waals surface area contributed by atoms with Gasteiger partial charge in [-0.3, -0.25) is 0 Å². The zero-order valence-corrected chi connectivity index (χ0v) is 11.5. The Morgan fingerprint density at radius 3 is 2.33 bits per heavy atom. The van der Waals surface area contributed by atoms with Gasteiger partial charge in [0.25, 0.3) is 0 Å². The van der Waals surface area contributed by atoms with Crippen molar-refractivity contribution in [2.24, 2.45) is 5.41 Å². The van der Waals surface area contributed by atoms with Crippen molar-refractivity contribution in [1.82, 2.24) is 0 Å². The Morgan fingerprint density at radius 1 is 1.17 bits per heavy atom. The van der Waals surface area contributed by atoms with Crippen LogP contribution in [0.5, 0.6) is 0 Å². The summed E-state index contributed by atoms with van der Waals surface area (Å²) in [4.78, 5) is 0. The first-order valence-corrected chi connectivity index (χ1v) is 6.83. The summed E-state index contributed by atoms with van der Waals surface area (Å²) in [7, 11) is 4.52. The van der Waals surface area contributed by atoms with Crippen molar-refractivity contribution >= 4 is 0 Å². The van der Waals surface area contributed by atoms with E-state index in [4.69, 9.17) is 0 Å². The number of hydrogen-bond donors (Lipinski definition) is 0. The van der Waals surface area contributed by atoms with E-state index in [1.165, 1.54) is 5.56 Å². The summed E-state index contributed by atoms with van der Waals surface area (Å²) < 4.78 is 1.06. The molecule has 1 fully saturated rings. The van der Waals surface area contributed by atoms with E-state index in [0.717, 1.165) is 43.3 Å². The molecule has 0 bridgehead atoms. The molecular formula is C16H23N2+. The van der Waals surface area contributed by atoms with Crippen LogP contribution in [-0.4, -0.2) is 31.7 Å². The summed E-state index contributed by atoms with van der Waals surface area (Å²) in [6, 6.07) is 13.1. The number of quaternary nitrogens is 1. The number of rotatable bonds is 3. The topological polar surface area (TPSA) is 23.8 Å². The predicted molar refractivity (Wildman–Crippen MR) is 73.9 cm³/mol. The smallest absolute Gasteiger partial charge is 0.0798 e. The van der Waals surface area contributed by atoms with E-state index in [1.54, 1.807) is 0 Å². The number of piperidine rings is 1. The second-order valence-electron chi connectivity index (χ2n) is 6.26. The summed E-state index contributed by atoms with van der Waals surface area (Å²) in [5.41, 5.74) is 1.27. The van der Waals surface area contributed by atoms with Crippen molar-refractivity contribution in [2.75, 3.05) is 27.2 Å². The highest BCUT2D eigenvalue weighted by Crippen LogP contribution is 2.36. The summed E-state index contributed by atoms with van der Waals surface area (Å²) >= 11 is 0. The van der Waals surface area contributed by atoms with Crippen molar-refractivity contribution in [3.63, 3.8) is 0 Å². The maximum absolute atomic E-state index is 9.53. The van der Waals surface area contributed by atoms with Crippen LogP contribution in [-0.2, 0) is 6.42 Å². The normalized spacial score (nSPS) is 21.2. The number of aryl methyl sites for hydroxylation is 1. The molecule has 18 heavy (non-hydrogen) atoms. The van der Waals surface area contributed by atoms with Crippen molar-refractivity contribution in [3.8, 4) is 6.07 Å². The van der Waals surface area contributed by atoms with Crippen LogP contribution in [0.15, 0.2) is 30.3 Å². The first-order valence-electron chi connectivity index (χ1n) is 6.83. The predicted octanol–water partition coefficient (Wildman–Crippen LogP) is 3.00. The van der Waals surface area contributed by atoms with Gasteiger partial charge in [0, 0.05) is 12.8 Å². The van der Waals surface area contributed by atoms with Crippen molar-refractivity contribution in [1.29, 1.82) is 5.26 Å². The summed E-state index contributed by atoms with van der Waals surface area (Å²) in [6.45, 7) is 2.25. The van der Waals surface area contributed by atoms with Gasteiger partial charge in [-0.15, -0.1) is 0 Å². The molecule has 2 heteroatoms. The number of nitrogens with zero attached hydrogens (tertiary/aromatic N) is 2. The number of benzene rings is 1. The molecular weight excluding hydrogens is 220 g/mol. The van der Waals surface area contributed by atoms with E-state index >= 15 is 0 Å². The number of nitriles is 1. The molecule has 96 valence electrons. The molecule has 0 atom stereocenters. The van der Waals surface area contributed by atoms with Crippen LogP contribution in [0.3, 0.4) is 0 Å². The van der Waals surface area contributed by atoms with Crippen LogP contribution in [0.4, 0.5) is 0 Å². The van der Waals surface area contributed by atoms with Gasteiger partial charge in [0.2, 0.25) is 0 Å². The van der Waals surface area contributed by atoms with Crippen LogP contribution in [0.2, 0.25) is 0 Å². The quantitative estimate of drug-likeness (QED) is 0.749. The maximum Gasteiger partial charge on any atom is 0.0798 e. The number of likely N-dealkylation sites (tertiary alicyclic amines) is 1. The molecule has 1 aromatic rings. The molecule has 0 radical (unpaired) electrons. The van der Waals surface area contributed by atoms with Gasteiger partial charge in [0.15, 0.2) is 0 Å². The van der Waals surface area contributed by atoms with E-state index in [-0.39, 0.29) is 5.41 Å². The SMILES string of the molecule is C[N+]1(C)CCC(C#N)(CCc2ccccc2)CC1. The monoisotopic (exact) mass is 243 g/mol. The fourth-order valence-corrected chi connectivity index (χ4v) is 2.72. The van der Waals surface area contributed by atoms with Gasteiger partial charge in [0.1, 0.15) is 0 Å². The van der Waals surface area contributed by atoms with Crippen molar-refractivity contribution in [3.05, 3.63) is 35.9 Å². The standard InChI is InChI=1S/C16H23N2/c1-18(2)12-10-16(14-17,11-13-18)9-8-15-6-4-3-5-7-15/h3-7H,8-13H2,1-2H3/q+1. The van der Waals surface area contributed by atoms with Crippen molar-refractivity contribution < 1.29 is 4.48 Å². The first kappa shape index (κ1) is 13.1.